The van der Waals surface area contributed by atoms with Gasteiger partial charge in [0, 0.05) is 18.8 Å². The molecule has 0 saturated heterocycles. The summed E-state index contributed by atoms with van der Waals surface area (Å²) in [5.41, 5.74) is 7.85. The van der Waals surface area contributed by atoms with E-state index in [0.717, 1.165) is 6.54 Å². The van der Waals surface area contributed by atoms with Gasteiger partial charge in [-0.05, 0) is 23.6 Å². The van der Waals surface area contributed by atoms with Crippen LogP contribution in [0.4, 0.5) is 5.69 Å². The van der Waals surface area contributed by atoms with E-state index in [1.54, 1.807) is 0 Å². The molecule has 0 amide bonds. The molecule has 0 saturated carbocycles. The van der Waals surface area contributed by atoms with Crippen LogP contribution in [-0.2, 0) is 6.54 Å². The lowest BCUT2D eigenvalue weighted by Gasteiger charge is -2.08. The van der Waals surface area contributed by atoms with Crippen LogP contribution in [-0.4, -0.2) is 6.54 Å². The van der Waals surface area contributed by atoms with Crippen LogP contribution in [0.1, 0.15) is 19.4 Å². The minimum Gasteiger partial charge on any atom is -0.385 e. The summed E-state index contributed by atoms with van der Waals surface area (Å²) >= 11 is 0. The highest BCUT2D eigenvalue weighted by Crippen LogP contribution is 2.09. The Morgan fingerprint density at radius 1 is 1.23 bits per heavy atom. The molecule has 1 rings (SSSR count). The molecular weight excluding hydrogens is 160 g/mol. The standard InChI is InChI=1S/C11H18N2/c1-9(2)8-13-11-5-3-10(7-12)4-6-11/h3-6,9,13H,7-8,12H2,1-2H3. The fraction of sp³-hybridized carbons (Fsp3) is 0.455. The molecule has 1 aromatic carbocycles. The lowest BCUT2D eigenvalue weighted by atomic mass is 10.2. The first-order valence-electron chi connectivity index (χ1n) is 4.75. The van der Waals surface area contributed by atoms with Crippen LogP contribution in [0.25, 0.3) is 0 Å². The van der Waals surface area contributed by atoms with E-state index in [9.17, 15) is 0 Å². The second-order valence-corrected chi connectivity index (χ2v) is 3.68. The summed E-state index contributed by atoms with van der Waals surface area (Å²) in [5, 5.41) is 3.35. The zero-order chi connectivity index (χ0) is 9.68. The van der Waals surface area contributed by atoms with Gasteiger partial charge in [-0.1, -0.05) is 26.0 Å². The van der Waals surface area contributed by atoms with E-state index in [0.29, 0.717) is 12.5 Å². The lowest BCUT2D eigenvalue weighted by molar-refractivity contribution is 0.689. The second kappa shape index (κ2) is 4.87. The van der Waals surface area contributed by atoms with Crippen molar-refractivity contribution in [3.05, 3.63) is 29.8 Å². The molecule has 0 aliphatic heterocycles. The van der Waals surface area contributed by atoms with E-state index in [2.05, 4.69) is 43.4 Å². The van der Waals surface area contributed by atoms with E-state index < -0.39 is 0 Å². The van der Waals surface area contributed by atoms with Crippen molar-refractivity contribution in [2.24, 2.45) is 11.7 Å². The second-order valence-electron chi connectivity index (χ2n) is 3.68. The van der Waals surface area contributed by atoms with E-state index >= 15 is 0 Å². The topological polar surface area (TPSA) is 38.0 Å². The van der Waals surface area contributed by atoms with Crippen LogP contribution < -0.4 is 11.1 Å². The van der Waals surface area contributed by atoms with Gasteiger partial charge in [0.05, 0.1) is 0 Å². The first kappa shape index (κ1) is 10.1. The van der Waals surface area contributed by atoms with Gasteiger partial charge in [-0.3, -0.25) is 0 Å². The van der Waals surface area contributed by atoms with Gasteiger partial charge < -0.3 is 11.1 Å². The third kappa shape index (κ3) is 3.47. The molecule has 0 spiro atoms. The Bertz CT molecular complexity index is 239. The Kier molecular flexibility index (Phi) is 3.77. The number of nitrogens with two attached hydrogens (primary N) is 1. The van der Waals surface area contributed by atoms with Crippen LogP contribution in [0.2, 0.25) is 0 Å². The molecule has 72 valence electrons. The van der Waals surface area contributed by atoms with Crippen molar-refractivity contribution in [1.82, 2.24) is 0 Å². The number of nitrogens with one attached hydrogen (secondary N) is 1. The molecule has 3 N–H and O–H groups in total. The number of hydrogen-bond donors (Lipinski definition) is 2. The third-order valence-corrected chi connectivity index (χ3v) is 1.90. The summed E-state index contributed by atoms with van der Waals surface area (Å²) in [6.45, 7) is 6.02. The van der Waals surface area contributed by atoms with Gasteiger partial charge in [0.1, 0.15) is 0 Å². The van der Waals surface area contributed by atoms with Crippen LogP contribution in [0.3, 0.4) is 0 Å². The smallest absolute Gasteiger partial charge is 0.0340 e. The van der Waals surface area contributed by atoms with E-state index in [4.69, 9.17) is 5.73 Å². The molecule has 13 heavy (non-hydrogen) atoms. The Labute approximate surface area is 80.1 Å². The van der Waals surface area contributed by atoms with Crippen molar-refractivity contribution in [3.8, 4) is 0 Å². The summed E-state index contributed by atoms with van der Waals surface area (Å²) in [5.74, 6) is 0.675. The summed E-state index contributed by atoms with van der Waals surface area (Å²) < 4.78 is 0. The quantitative estimate of drug-likeness (QED) is 0.742. The van der Waals surface area contributed by atoms with Crippen LogP contribution >= 0.6 is 0 Å². The van der Waals surface area contributed by atoms with Crippen LogP contribution in [0.5, 0.6) is 0 Å². The molecule has 0 unspecified atom stereocenters. The average Bonchev–Trinajstić information content (AvgIpc) is 2.15. The monoisotopic (exact) mass is 178 g/mol. The molecule has 0 aliphatic carbocycles. The number of anilines is 1. The normalized spacial score (nSPS) is 10.5. The SMILES string of the molecule is CC(C)CNc1ccc(CN)cc1. The zero-order valence-electron chi connectivity index (χ0n) is 8.38. The molecule has 0 aliphatic rings. The van der Waals surface area contributed by atoms with Gasteiger partial charge in [-0.2, -0.15) is 0 Å². The molecule has 0 radical (unpaired) electrons. The minimum atomic E-state index is 0.616. The summed E-state index contributed by atoms with van der Waals surface area (Å²) in [7, 11) is 0. The minimum absolute atomic E-state index is 0.616. The van der Waals surface area contributed by atoms with Gasteiger partial charge in [-0.25, -0.2) is 0 Å². The summed E-state index contributed by atoms with van der Waals surface area (Å²) in [6, 6.07) is 8.26. The fourth-order valence-corrected chi connectivity index (χ4v) is 1.08. The summed E-state index contributed by atoms with van der Waals surface area (Å²) in [4.78, 5) is 0. The van der Waals surface area contributed by atoms with Crippen molar-refractivity contribution >= 4 is 5.69 Å². The molecule has 1 aromatic rings. The molecule has 0 atom stereocenters. The maximum absolute atomic E-state index is 5.50. The Hall–Kier alpha value is -1.02. The highest BCUT2D eigenvalue weighted by Gasteiger charge is 1.94. The third-order valence-electron chi connectivity index (χ3n) is 1.90. The van der Waals surface area contributed by atoms with Crippen LogP contribution in [0, 0.1) is 5.92 Å². The maximum Gasteiger partial charge on any atom is 0.0340 e. The molecule has 2 nitrogen and oxygen atoms in total. The number of hydrogen-bond acceptors (Lipinski definition) is 2. The molecule has 2 heteroatoms. The predicted octanol–water partition coefficient (Wildman–Crippen LogP) is 2.21. The molecule has 0 heterocycles. The maximum atomic E-state index is 5.50. The van der Waals surface area contributed by atoms with Crippen molar-refractivity contribution in [2.75, 3.05) is 11.9 Å². The highest BCUT2D eigenvalue weighted by molar-refractivity contribution is 5.44. The molecule has 0 bridgehead atoms. The average molecular weight is 178 g/mol. The molecule has 0 fully saturated rings. The predicted molar refractivity (Wildman–Crippen MR) is 57.7 cm³/mol. The van der Waals surface area contributed by atoms with Crippen molar-refractivity contribution in [3.63, 3.8) is 0 Å². The van der Waals surface area contributed by atoms with Crippen molar-refractivity contribution in [2.45, 2.75) is 20.4 Å². The molecular formula is C11H18N2. The largest absolute Gasteiger partial charge is 0.385 e. The lowest BCUT2D eigenvalue weighted by Crippen LogP contribution is -2.07. The number of benzene rings is 1. The van der Waals surface area contributed by atoms with Gasteiger partial charge >= 0.3 is 0 Å². The van der Waals surface area contributed by atoms with E-state index in [1.165, 1.54) is 11.3 Å². The first-order chi connectivity index (χ1) is 6.22. The first-order valence-corrected chi connectivity index (χ1v) is 4.75. The van der Waals surface area contributed by atoms with Crippen molar-refractivity contribution in [1.29, 1.82) is 0 Å². The van der Waals surface area contributed by atoms with E-state index in [1.807, 2.05) is 0 Å². The zero-order valence-corrected chi connectivity index (χ0v) is 8.38. The van der Waals surface area contributed by atoms with Gasteiger partial charge in [0.15, 0.2) is 0 Å². The number of rotatable bonds is 4. The van der Waals surface area contributed by atoms with Gasteiger partial charge in [0.2, 0.25) is 0 Å². The fourth-order valence-electron chi connectivity index (χ4n) is 1.08. The summed E-state index contributed by atoms with van der Waals surface area (Å²) in [6.07, 6.45) is 0. The van der Waals surface area contributed by atoms with Crippen LogP contribution in [0.15, 0.2) is 24.3 Å². The Morgan fingerprint density at radius 2 is 1.85 bits per heavy atom. The Balaban J connectivity index is 2.49. The van der Waals surface area contributed by atoms with Crippen molar-refractivity contribution < 1.29 is 0 Å². The van der Waals surface area contributed by atoms with Gasteiger partial charge in [-0.15, -0.1) is 0 Å². The van der Waals surface area contributed by atoms with Gasteiger partial charge in [0.25, 0.3) is 0 Å². The highest BCUT2D eigenvalue weighted by atomic mass is 14.9. The molecule has 0 aromatic heterocycles. The van der Waals surface area contributed by atoms with E-state index in [-0.39, 0.29) is 0 Å². The Morgan fingerprint density at radius 3 is 2.31 bits per heavy atom.